The Labute approximate surface area is 145 Å². The van der Waals surface area contributed by atoms with E-state index in [1.54, 1.807) is 60.4 Å². The minimum atomic E-state index is -0.699. The average molecular weight is 338 g/mol. The Morgan fingerprint density at radius 1 is 1.28 bits per heavy atom. The third-order valence-electron chi connectivity index (χ3n) is 4.03. The van der Waals surface area contributed by atoms with Gasteiger partial charge >= 0.3 is 0 Å². The normalized spacial score (nSPS) is 12.0. The second kappa shape index (κ2) is 7.27. The first-order valence-electron chi connectivity index (χ1n) is 7.91. The van der Waals surface area contributed by atoms with Gasteiger partial charge in [-0.2, -0.15) is 0 Å². The number of nitrogens with zero attached hydrogens (tertiary/aromatic N) is 2. The highest BCUT2D eigenvalue weighted by Crippen LogP contribution is 2.23. The minimum Gasteiger partial charge on any atom is -0.338 e. The maximum atomic E-state index is 14.3. The van der Waals surface area contributed by atoms with Crippen LogP contribution < -0.4 is 11.1 Å². The van der Waals surface area contributed by atoms with Gasteiger partial charge in [-0.15, -0.1) is 0 Å². The van der Waals surface area contributed by atoms with Gasteiger partial charge in [-0.1, -0.05) is 30.3 Å². The van der Waals surface area contributed by atoms with Gasteiger partial charge in [0.25, 0.3) is 5.91 Å². The van der Waals surface area contributed by atoms with Gasteiger partial charge in [0, 0.05) is 37.1 Å². The van der Waals surface area contributed by atoms with E-state index in [9.17, 15) is 9.18 Å². The lowest BCUT2D eigenvalue weighted by atomic mass is 10.0. The molecule has 0 bridgehead atoms. The molecule has 0 aliphatic carbocycles. The van der Waals surface area contributed by atoms with E-state index in [2.05, 4.69) is 10.3 Å². The third kappa shape index (κ3) is 3.59. The zero-order valence-electron chi connectivity index (χ0n) is 13.8. The number of amides is 1. The van der Waals surface area contributed by atoms with Crippen LogP contribution in [0.5, 0.6) is 0 Å². The van der Waals surface area contributed by atoms with Crippen LogP contribution in [0.15, 0.2) is 60.9 Å². The van der Waals surface area contributed by atoms with Gasteiger partial charge < -0.3 is 15.6 Å². The molecule has 5 nitrogen and oxygen atoms in total. The number of nitrogens with one attached hydrogen (secondary N) is 1. The van der Waals surface area contributed by atoms with Crippen LogP contribution in [-0.2, 0) is 13.6 Å². The second-order valence-corrected chi connectivity index (χ2v) is 5.73. The molecular formula is C19H19FN4O. The quantitative estimate of drug-likeness (QED) is 0.751. The number of rotatable bonds is 5. The standard InChI is InChI=1S/C19H19FN4O/c1-24-10-9-22-18(24)17(15-7-2-3-8-16(15)20)23-19(25)14-6-4-5-13(11-14)12-21/h2-11,17H,12,21H2,1H3,(H,23,25). The van der Waals surface area contributed by atoms with E-state index < -0.39 is 11.9 Å². The van der Waals surface area contributed by atoms with Crippen molar-refractivity contribution in [2.24, 2.45) is 12.8 Å². The van der Waals surface area contributed by atoms with Crippen molar-refractivity contribution < 1.29 is 9.18 Å². The maximum Gasteiger partial charge on any atom is 0.252 e. The summed E-state index contributed by atoms with van der Waals surface area (Å²) < 4.78 is 16.1. The van der Waals surface area contributed by atoms with Gasteiger partial charge in [-0.25, -0.2) is 9.37 Å². The summed E-state index contributed by atoms with van der Waals surface area (Å²) >= 11 is 0. The first-order valence-corrected chi connectivity index (χ1v) is 7.91. The maximum absolute atomic E-state index is 14.3. The van der Waals surface area contributed by atoms with Crippen LogP contribution in [0.1, 0.15) is 33.4 Å². The molecule has 0 aliphatic rings. The Hall–Kier alpha value is -2.99. The number of halogens is 1. The molecule has 128 valence electrons. The van der Waals surface area contributed by atoms with Crippen molar-refractivity contribution in [1.82, 2.24) is 14.9 Å². The molecule has 0 saturated heterocycles. The van der Waals surface area contributed by atoms with Crippen molar-refractivity contribution in [3.63, 3.8) is 0 Å². The predicted molar refractivity (Wildman–Crippen MR) is 93.3 cm³/mol. The fourth-order valence-corrected chi connectivity index (χ4v) is 2.70. The van der Waals surface area contributed by atoms with Gasteiger partial charge in [0.1, 0.15) is 17.7 Å². The van der Waals surface area contributed by atoms with Gasteiger partial charge in [0.15, 0.2) is 0 Å². The van der Waals surface area contributed by atoms with E-state index in [1.165, 1.54) is 6.07 Å². The number of imidazole rings is 1. The van der Waals surface area contributed by atoms with E-state index in [0.29, 0.717) is 23.5 Å². The highest BCUT2D eigenvalue weighted by atomic mass is 19.1. The van der Waals surface area contributed by atoms with Gasteiger partial charge in [-0.3, -0.25) is 4.79 Å². The number of aromatic nitrogens is 2. The first-order chi connectivity index (χ1) is 12.1. The van der Waals surface area contributed by atoms with E-state index in [-0.39, 0.29) is 5.91 Å². The molecule has 0 spiro atoms. The molecule has 0 radical (unpaired) electrons. The molecular weight excluding hydrogens is 319 g/mol. The van der Waals surface area contributed by atoms with Crippen LogP contribution in [0.3, 0.4) is 0 Å². The smallest absolute Gasteiger partial charge is 0.252 e. The lowest BCUT2D eigenvalue weighted by Gasteiger charge is -2.20. The molecule has 1 amide bonds. The van der Waals surface area contributed by atoms with Crippen molar-refractivity contribution in [2.45, 2.75) is 12.6 Å². The summed E-state index contributed by atoms with van der Waals surface area (Å²) in [6, 6.07) is 12.7. The third-order valence-corrected chi connectivity index (χ3v) is 4.03. The van der Waals surface area contributed by atoms with Crippen molar-refractivity contribution in [3.8, 4) is 0 Å². The summed E-state index contributed by atoms with van der Waals surface area (Å²) in [7, 11) is 1.80. The molecule has 3 aromatic rings. The molecule has 25 heavy (non-hydrogen) atoms. The van der Waals surface area contributed by atoms with E-state index in [1.807, 2.05) is 6.07 Å². The number of carbonyl (C=O) groups is 1. The molecule has 1 heterocycles. The summed E-state index contributed by atoms with van der Waals surface area (Å²) in [6.07, 6.45) is 3.37. The number of benzene rings is 2. The van der Waals surface area contributed by atoms with Crippen LogP contribution in [0, 0.1) is 5.82 Å². The number of aryl methyl sites for hydroxylation is 1. The molecule has 1 aromatic heterocycles. The monoisotopic (exact) mass is 338 g/mol. The zero-order chi connectivity index (χ0) is 17.8. The molecule has 2 aromatic carbocycles. The second-order valence-electron chi connectivity index (χ2n) is 5.73. The zero-order valence-corrected chi connectivity index (χ0v) is 13.8. The van der Waals surface area contributed by atoms with E-state index >= 15 is 0 Å². The SMILES string of the molecule is Cn1ccnc1C(NC(=O)c1cccc(CN)c1)c1ccccc1F. The highest BCUT2D eigenvalue weighted by molar-refractivity contribution is 5.94. The van der Waals surface area contributed by atoms with Crippen molar-refractivity contribution in [2.75, 3.05) is 0 Å². The summed E-state index contributed by atoms with van der Waals surface area (Å²) in [5, 5.41) is 2.88. The predicted octanol–water partition coefficient (Wildman–Crippen LogP) is 2.54. The van der Waals surface area contributed by atoms with Gasteiger partial charge in [0.2, 0.25) is 0 Å². The van der Waals surface area contributed by atoms with Crippen molar-refractivity contribution in [3.05, 3.63) is 89.3 Å². The number of nitrogens with two attached hydrogens (primary N) is 1. The molecule has 0 aliphatic heterocycles. The Balaban J connectivity index is 1.97. The van der Waals surface area contributed by atoms with Crippen LogP contribution in [-0.4, -0.2) is 15.5 Å². The number of hydrogen-bond acceptors (Lipinski definition) is 3. The van der Waals surface area contributed by atoms with E-state index in [4.69, 9.17) is 5.73 Å². The first kappa shape index (κ1) is 16.9. The fourth-order valence-electron chi connectivity index (χ4n) is 2.70. The molecule has 1 unspecified atom stereocenters. The van der Waals surface area contributed by atoms with Crippen LogP contribution in [0.4, 0.5) is 4.39 Å². The average Bonchev–Trinajstić information content (AvgIpc) is 3.06. The summed E-state index contributed by atoms with van der Waals surface area (Å²) in [5.74, 6) is -0.161. The van der Waals surface area contributed by atoms with Gasteiger partial charge in [0.05, 0.1) is 0 Å². The lowest BCUT2D eigenvalue weighted by molar-refractivity contribution is 0.0940. The Morgan fingerprint density at radius 3 is 2.76 bits per heavy atom. The number of hydrogen-bond donors (Lipinski definition) is 2. The van der Waals surface area contributed by atoms with Crippen LogP contribution in [0.25, 0.3) is 0 Å². The molecule has 0 fully saturated rings. The van der Waals surface area contributed by atoms with E-state index in [0.717, 1.165) is 5.56 Å². The summed E-state index contributed by atoms with van der Waals surface area (Å²) in [5.41, 5.74) is 7.32. The Morgan fingerprint density at radius 2 is 2.08 bits per heavy atom. The van der Waals surface area contributed by atoms with Crippen LogP contribution >= 0.6 is 0 Å². The lowest BCUT2D eigenvalue weighted by Crippen LogP contribution is -2.31. The molecule has 6 heteroatoms. The Bertz CT molecular complexity index is 890. The summed E-state index contributed by atoms with van der Waals surface area (Å²) in [4.78, 5) is 17.0. The molecule has 0 saturated carbocycles. The van der Waals surface area contributed by atoms with Crippen LogP contribution in [0.2, 0.25) is 0 Å². The largest absolute Gasteiger partial charge is 0.338 e. The Kier molecular flexibility index (Phi) is 4.90. The minimum absolute atomic E-state index is 0.313. The topological polar surface area (TPSA) is 72.9 Å². The van der Waals surface area contributed by atoms with Crippen molar-refractivity contribution >= 4 is 5.91 Å². The molecule has 3 N–H and O–H groups in total. The highest BCUT2D eigenvalue weighted by Gasteiger charge is 2.24. The number of carbonyl (C=O) groups excluding carboxylic acids is 1. The summed E-state index contributed by atoms with van der Waals surface area (Å²) in [6.45, 7) is 0.344. The molecule has 3 rings (SSSR count). The van der Waals surface area contributed by atoms with Crippen molar-refractivity contribution in [1.29, 1.82) is 0 Å². The fraction of sp³-hybridized carbons (Fsp3) is 0.158. The molecule has 1 atom stereocenters. The van der Waals surface area contributed by atoms with Gasteiger partial charge in [-0.05, 0) is 23.8 Å².